The molecule has 2 unspecified atom stereocenters. The Morgan fingerprint density at radius 1 is 0.875 bits per heavy atom. The summed E-state index contributed by atoms with van der Waals surface area (Å²) in [6, 6.07) is 23.6. The summed E-state index contributed by atoms with van der Waals surface area (Å²) in [7, 11) is 0. The molecule has 3 rings (SSSR count). The van der Waals surface area contributed by atoms with Gasteiger partial charge in [-0.25, -0.2) is 5.48 Å². The van der Waals surface area contributed by atoms with Gasteiger partial charge in [-0.15, -0.1) is 0 Å². The summed E-state index contributed by atoms with van der Waals surface area (Å²) in [5.41, 5.74) is 4.78. The number of rotatable bonds is 9. The number of phenolic OH excluding ortho intramolecular Hbond substituents is 1. The molecule has 3 aromatic carbocycles. The van der Waals surface area contributed by atoms with Crippen molar-refractivity contribution in [1.29, 1.82) is 0 Å². The van der Waals surface area contributed by atoms with E-state index in [0.29, 0.717) is 12.5 Å². The van der Waals surface area contributed by atoms with Crippen molar-refractivity contribution in [2.45, 2.75) is 25.7 Å². The summed E-state index contributed by atoms with van der Waals surface area (Å²) in [6.45, 7) is 2.63. The Bertz CT molecular complexity index is 1040. The van der Waals surface area contributed by atoms with Gasteiger partial charge in [-0.05, 0) is 47.6 Å². The van der Waals surface area contributed by atoms with Crippen molar-refractivity contribution in [2.24, 2.45) is 5.92 Å². The minimum Gasteiger partial charge on any atom is -0.507 e. The topological polar surface area (TPSA) is 98.7 Å². The minimum atomic E-state index is -0.586. The molecule has 2 atom stereocenters. The van der Waals surface area contributed by atoms with Gasteiger partial charge in [0.05, 0.1) is 11.5 Å². The predicted octanol–water partition coefficient (Wildman–Crippen LogP) is 4.03. The third-order valence-electron chi connectivity index (χ3n) is 5.47. The first-order valence-electron chi connectivity index (χ1n) is 10.6. The molecule has 0 bridgehead atoms. The van der Waals surface area contributed by atoms with Crippen LogP contribution in [-0.4, -0.2) is 28.7 Å². The normalized spacial score (nSPS) is 12.6. The Hall–Kier alpha value is -3.64. The lowest BCUT2D eigenvalue weighted by molar-refractivity contribution is -0.129. The van der Waals surface area contributed by atoms with Crippen LogP contribution in [0.5, 0.6) is 5.75 Å². The number of amides is 2. The zero-order chi connectivity index (χ0) is 22.9. The molecule has 0 fully saturated rings. The molecule has 0 spiro atoms. The summed E-state index contributed by atoms with van der Waals surface area (Å²) in [4.78, 5) is 24.4. The van der Waals surface area contributed by atoms with E-state index in [0.717, 1.165) is 29.5 Å². The standard InChI is InChI=1S/C26H28N2O4/c1-18(15-16-27-25(30)22-9-5-6-10-23(22)29)17-19-11-13-21(14-12-19)24(26(31)28-32)20-7-3-2-4-8-20/h2-14,18,24,29,32H,15-17H2,1H3,(H,27,30)(H,28,31). The highest BCUT2D eigenvalue weighted by Crippen LogP contribution is 2.26. The molecule has 6 heteroatoms. The number of hydrogen-bond acceptors (Lipinski definition) is 4. The second kappa shape index (κ2) is 11.1. The molecule has 0 aliphatic heterocycles. The number of hydrogen-bond donors (Lipinski definition) is 4. The maximum absolute atomic E-state index is 12.3. The van der Waals surface area contributed by atoms with Crippen molar-refractivity contribution in [3.63, 3.8) is 0 Å². The molecule has 32 heavy (non-hydrogen) atoms. The molecular formula is C26H28N2O4. The third-order valence-corrected chi connectivity index (χ3v) is 5.47. The van der Waals surface area contributed by atoms with E-state index in [4.69, 9.17) is 5.21 Å². The van der Waals surface area contributed by atoms with E-state index in [9.17, 15) is 14.7 Å². The highest BCUT2D eigenvalue weighted by molar-refractivity contribution is 5.96. The van der Waals surface area contributed by atoms with E-state index < -0.39 is 11.8 Å². The van der Waals surface area contributed by atoms with Crippen molar-refractivity contribution in [3.8, 4) is 5.75 Å². The van der Waals surface area contributed by atoms with E-state index in [2.05, 4.69) is 12.2 Å². The number of benzene rings is 3. The average molecular weight is 433 g/mol. The van der Waals surface area contributed by atoms with E-state index in [1.54, 1.807) is 23.7 Å². The van der Waals surface area contributed by atoms with Crippen molar-refractivity contribution in [1.82, 2.24) is 10.8 Å². The van der Waals surface area contributed by atoms with Crippen LogP contribution in [0, 0.1) is 5.92 Å². The zero-order valence-electron chi connectivity index (χ0n) is 18.0. The van der Waals surface area contributed by atoms with Crippen molar-refractivity contribution in [2.75, 3.05) is 6.54 Å². The fourth-order valence-corrected chi connectivity index (χ4v) is 3.75. The second-order valence-corrected chi connectivity index (χ2v) is 7.93. The van der Waals surface area contributed by atoms with Gasteiger partial charge in [0.15, 0.2) is 0 Å². The highest BCUT2D eigenvalue weighted by Gasteiger charge is 2.22. The molecule has 0 aliphatic carbocycles. The van der Waals surface area contributed by atoms with Crippen LogP contribution in [0.2, 0.25) is 0 Å². The fourth-order valence-electron chi connectivity index (χ4n) is 3.75. The number of hydroxylamine groups is 1. The van der Waals surface area contributed by atoms with E-state index >= 15 is 0 Å². The summed E-state index contributed by atoms with van der Waals surface area (Å²) in [6.07, 6.45) is 1.62. The van der Waals surface area contributed by atoms with Crippen LogP contribution in [0.3, 0.4) is 0 Å². The number of nitrogens with one attached hydrogen (secondary N) is 2. The molecular weight excluding hydrogens is 404 g/mol. The second-order valence-electron chi connectivity index (χ2n) is 7.93. The maximum Gasteiger partial charge on any atom is 0.255 e. The van der Waals surface area contributed by atoms with Crippen LogP contribution in [0.4, 0.5) is 0 Å². The lowest BCUT2D eigenvalue weighted by Gasteiger charge is -2.17. The Morgan fingerprint density at radius 2 is 1.50 bits per heavy atom. The van der Waals surface area contributed by atoms with E-state index in [1.165, 1.54) is 6.07 Å². The van der Waals surface area contributed by atoms with Crippen molar-refractivity contribution >= 4 is 11.8 Å². The van der Waals surface area contributed by atoms with Crippen LogP contribution >= 0.6 is 0 Å². The highest BCUT2D eigenvalue weighted by atomic mass is 16.5. The molecule has 0 aromatic heterocycles. The average Bonchev–Trinajstić information content (AvgIpc) is 2.81. The molecule has 0 saturated carbocycles. The molecule has 4 N–H and O–H groups in total. The Kier molecular flexibility index (Phi) is 8.00. The van der Waals surface area contributed by atoms with Gasteiger partial charge >= 0.3 is 0 Å². The predicted molar refractivity (Wildman–Crippen MR) is 123 cm³/mol. The number of para-hydroxylation sites is 1. The Balaban J connectivity index is 1.56. The van der Waals surface area contributed by atoms with E-state index in [-0.39, 0.29) is 17.2 Å². The van der Waals surface area contributed by atoms with Crippen molar-refractivity contribution in [3.05, 3.63) is 101 Å². The number of aromatic hydroxyl groups is 1. The molecule has 0 heterocycles. The monoisotopic (exact) mass is 432 g/mol. The maximum atomic E-state index is 12.3. The Morgan fingerprint density at radius 3 is 2.16 bits per heavy atom. The summed E-state index contributed by atoms with van der Waals surface area (Å²) in [5.74, 6) is -1.04. The first kappa shape index (κ1) is 23.0. The molecule has 2 amide bonds. The largest absolute Gasteiger partial charge is 0.507 e. The van der Waals surface area contributed by atoms with Gasteiger partial charge in [0, 0.05) is 6.54 Å². The SMILES string of the molecule is CC(CCNC(=O)c1ccccc1O)Cc1ccc(C(C(=O)NO)c2ccccc2)cc1. The van der Waals surface area contributed by atoms with Gasteiger partial charge in [0.1, 0.15) is 5.75 Å². The summed E-state index contributed by atoms with van der Waals surface area (Å²) >= 11 is 0. The molecule has 0 saturated heterocycles. The van der Waals surface area contributed by atoms with Crippen LogP contribution in [0.15, 0.2) is 78.9 Å². The van der Waals surface area contributed by atoms with Gasteiger partial charge in [0.2, 0.25) is 0 Å². The van der Waals surface area contributed by atoms with Crippen LogP contribution in [0.25, 0.3) is 0 Å². The van der Waals surface area contributed by atoms with Crippen molar-refractivity contribution < 1.29 is 19.9 Å². The van der Waals surface area contributed by atoms with Crippen LogP contribution in [-0.2, 0) is 11.2 Å². The number of carbonyl (C=O) groups excluding carboxylic acids is 2. The first-order chi connectivity index (χ1) is 15.5. The third kappa shape index (κ3) is 5.95. The van der Waals surface area contributed by atoms with Gasteiger partial charge in [-0.3, -0.25) is 14.8 Å². The molecule has 0 aliphatic rings. The lowest BCUT2D eigenvalue weighted by Crippen LogP contribution is -2.27. The van der Waals surface area contributed by atoms with Gasteiger partial charge < -0.3 is 10.4 Å². The minimum absolute atomic E-state index is 0.0261. The lowest BCUT2D eigenvalue weighted by atomic mass is 9.89. The molecule has 0 radical (unpaired) electrons. The van der Waals surface area contributed by atoms with Gasteiger partial charge in [0.25, 0.3) is 11.8 Å². The molecule has 6 nitrogen and oxygen atoms in total. The zero-order valence-corrected chi connectivity index (χ0v) is 18.0. The number of phenols is 1. The van der Waals surface area contributed by atoms with Crippen LogP contribution < -0.4 is 10.8 Å². The fraction of sp³-hybridized carbons (Fsp3) is 0.231. The quantitative estimate of drug-likeness (QED) is 0.303. The van der Waals surface area contributed by atoms with Crippen LogP contribution in [0.1, 0.15) is 46.3 Å². The Labute approximate surface area is 187 Å². The number of carbonyl (C=O) groups is 2. The van der Waals surface area contributed by atoms with Gasteiger partial charge in [-0.1, -0.05) is 73.7 Å². The first-order valence-corrected chi connectivity index (χ1v) is 10.6. The summed E-state index contributed by atoms with van der Waals surface area (Å²) < 4.78 is 0. The van der Waals surface area contributed by atoms with Gasteiger partial charge in [-0.2, -0.15) is 0 Å². The van der Waals surface area contributed by atoms with E-state index in [1.807, 2.05) is 54.6 Å². The molecule has 166 valence electrons. The smallest absolute Gasteiger partial charge is 0.255 e. The molecule has 3 aromatic rings. The summed E-state index contributed by atoms with van der Waals surface area (Å²) in [5, 5.41) is 21.8.